The minimum atomic E-state index is -0.792. The Labute approximate surface area is 136 Å². The summed E-state index contributed by atoms with van der Waals surface area (Å²) in [6.45, 7) is 0.502. The molecule has 1 amide bonds. The van der Waals surface area contributed by atoms with Crippen LogP contribution < -0.4 is 0 Å². The molecule has 0 atom stereocenters. The van der Waals surface area contributed by atoms with E-state index >= 15 is 0 Å². The van der Waals surface area contributed by atoms with E-state index in [0.717, 1.165) is 36.9 Å². The first-order valence-corrected chi connectivity index (χ1v) is 8.11. The molecule has 1 N–H and O–H groups in total. The van der Waals surface area contributed by atoms with Gasteiger partial charge in [-0.25, -0.2) is 4.68 Å². The SMILES string of the molecule is CN(Cc1cnn(-c2ccccc2)c1)C(=O)CC1(O)CCCC1. The van der Waals surface area contributed by atoms with E-state index in [9.17, 15) is 9.90 Å². The molecule has 0 spiro atoms. The van der Waals surface area contributed by atoms with Crippen LogP contribution in [-0.4, -0.2) is 38.3 Å². The summed E-state index contributed by atoms with van der Waals surface area (Å²) < 4.78 is 1.80. The highest BCUT2D eigenvalue weighted by Gasteiger charge is 2.34. The van der Waals surface area contributed by atoms with Crippen molar-refractivity contribution in [1.29, 1.82) is 0 Å². The normalized spacial score (nSPS) is 16.4. The molecule has 3 rings (SSSR count). The number of hydrogen-bond acceptors (Lipinski definition) is 3. The summed E-state index contributed by atoms with van der Waals surface area (Å²) in [7, 11) is 1.78. The molecule has 1 saturated carbocycles. The van der Waals surface area contributed by atoms with Gasteiger partial charge < -0.3 is 10.0 Å². The van der Waals surface area contributed by atoms with Crippen LogP contribution in [0.25, 0.3) is 5.69 Å². The quantitative estimate of drug-likeness (QED) is 0.923. The topological polar surface area (TPSA) is 58.4 Å². The standard InChI is InChI=1S/C18H23N3O2/c1-20(17(22)11-18(23)9-5-6-10-18)13-15-12-19-21(14-15)16-7-3-2-4-8-16/h2-4,7-8,12,14,23H,5-6,9-11,13H2,1H3. The molecular weight excluding hydrogens is 290 g/mol. The molecule has 1 aliphatic carbocycles. The zero-order valence-corrected chi connectivity index (χ0v) is 13.5. The molecule has 0 bridgehead atoms. The van der Waals surface area contributed by atoms with E-state index in [1.807, 2.05) is 36.5 Å². The number of amides is 1. The second kappa shape index (κ2) is 6.54. The Morgan fingerprint density at radius 2 is 2.00 bits per heavy atom. The van der Waals surface area contributed by atoms with Crippen LogP contribution in [0.3, 0.4) is 0 Å². The molecule has 0 saturated heterocycles. The molecular formula is C18H23N3O2. The van der Waals surface area contributed by atoms with Crippen LogP contribution in [0, 0.1) is 0 Å². The number of aliphatic hydroxyl groups is 1. The van der Waals surface area contributed by atoms with Crippen LogP contribution in [0.2, 0.25) is 0 Å². The fraction of sp³-hybridized carbons (Fsp3) is 0.444. The first kappa shape index (κ1) is 15.7. The second-order valence-electron chi connectivity index (χ2n) is 6.49. The number of benzene rings is 1. The molecule has 1 aromatic carbocycles. The molecule has 23 heavy (non-hydrogen) atoms. The number of carbonyl (C=O) groups is 1. The Morgan fingerprint density at radius 3 is 2.70 bits per heavy atom. The molecule has 1 aliphatic rings. The van der Waals surface area contributed by atoms with Crippen molar-refractivity contribution in [2.45, 2.75) is 44.2 Å². The zero-order valence-electron chi connectivity index (χ0n) is 13.5. The van der Waals surface area contributed by atoms with Crippen molar-refractivity contribution < 1.29 is 9.90 Å². The predicted molar refractivity (Wildman–Crippen MR) is 88.1 cm³/mol. The highest BCUT2D eigenvalue weighted by Crippen LogP contribution is 2.32. The molecule has 0 aliphatic heterocycles. The first-order valence-electron chi connectivity index (χ1n) is 8.11. The molecule has 5 nitrogen and oxygen atoms in total. The van der Waals surface area contributed by atoms with Crippen LogP contribution in [0.1, 0.15) is 37.7 Å². The average Bonchev–Trinajstić information content (AvgIpc) is 3.17. The maximum Gasteiger partial charge on any atom is 0.225 e. The lowest BCUT2D eigenvalue weighted by Gasteiger charge is -2.25. The van der Waals surface area contributed by atoms with Crippen LogP contribution in [0.4, 0.5) is 0 Å². The van der Waals surface area contributed by atoms with Gasteiger partial charge in [-0.05, 0) is 25.0 Å². The third-order valence-electron chi connectivity index (χ3n) is 4.52. The van der Waals surface area contributed by atoms with Gasteiger partial charge in [0.2, 0.25) is 5.91 Å². The number of aromatic nitrogens is 2. The van der Waals surface area contributed by atoms with Gasteiger partial charge >= 0.3 is 0 Å². The second-order valence-corrected chi connectivity index (χ2v) is 6.49. The van der Waals surface area contributed by atoms with Crippen molar-refractivity contribution in [3.63, 3.8) is 0 Å². The van der Waals surface area contributed by atoms with E-state index in [4.69, 9.17) is 0 Å². The van der Waals surface area contributed by atoms with Crippen LogP contribution in [0.15, 0.2) is 42.7 Å². The summed E-state index contributed by atoms with van der Waals surface area (Å²) in [4.78, 5) is 14.0. The molecule has 1 heterocycles. The van der Waals surface area contributed by atoms with Crippen molar-refractivity contribution >= 4 is 5.91 Å². The van der Waals surface area contributed by atoms with Crippen molar-refractivity contribution in [2.24, 2.45) is 0 Å². The average molecular weight is 313 g/mol. The molecule has 1 aromatic heterocycles. The largest absolute Gasteiger partial charge is 0.389 e. The van der Waals surface area contributed by atoms with Crippen molar-refractivity contribution in [1.82, 2.24) is 14.7 Å². The molecule has 0 unspecified atom stereocenters. The van der Waals surface area contributed by atoms with E-state index in [0.29, 0.717) is 6.54 Å². The minimum Gasteiger partial charge on any atom is -0.389 e. The molecule has 5 heteroatoms. The number of nitrogens with zero attached hydrogens (tertiary/aromatic N) is 3. The predicted octanol–water partition coefficient (Wildman–Crippen LogP) is 2.53. The van der Waals surface area contributed by atoms with E-state index < -0.39 is 5.60 Å². The van der Waals surface area contributed by atoms with Gasteiger partial charge in [0.25, 0.3) is 0 Å². The Kier molecular flexibility index (Phi) is 4.48. The monoisotopic (exact) mass is 313 g/mol. The third kappa shape index (κ3) is 3.79. The summed E-state index contributed by atoms with van der Waals surface area (Å²) in [6, 6.07) is 9.87. The van der Waals surface area contributed by atoms with Gasteiger partial charge in [0.15, 0.2) is 0 Å². The van der Waals surface area contributed by atoms with Gasteiger partial charge in [-0.15, -0.1) is 0 Å². The van der Waals surface area contributed by atoms with E-state index in [2.05, 4.69) is 5.10 Å². The first-order chi connectivity index (χ1) is 11.1. The minimum absolute atomic E-state index is 0.0122. The van der Waals surface area contributed by atoms with Gasteiger partial charge in [0, 0.05) is 25.4 Å². The lowest BCUT2D eigenvalue weighted by atomic mass is 9.97. The summed E-state index contributed by atoms with van der Waals surface area (Å²) in [6.07, 6.45) is 7.42. The fourth-order valence-electron chi connectivity index (χ4n) is 3.15. The maximum atomic E-state index is 12.3. The molecule has 122 valence electrons. The number of para-hydroxylation sites is 1. The van der Waals surface area contributed by atoms with Crippen molar-refractivity contribution in [3.8, 4) is 5.69 Å². The summed E-state index contributed by atoms with van der Waals surface area (Å²) >= 11 is 0. The number of hydrogen-bond donors (Lipinski definition) is 1. The van der Waals surface area contributed by atoms with Crippen LogP contribution in [-0.2, 0) is 11.3 Å². The highest BCUT2D eigenvalue weighted by atomic mass is 16.3. The van der Waals surface area contributed by atoms with Gasteiger partial charge in [-0.1, -0.05) is 31.0 Å². The Balaban J connectivity index is 1.60. The summed E-state index contributed by atoms with van der Waals surface area (Å²) in [5, 5.41) is 14.7. The third-order valence-corrected chi connectivity index (χ3v) is 4.52. The molecule has 1 fully saturated rings. The van der Waals surface area contributed by atoms with E-state index in [-0.39, 0.29) is 12.3 Å². The maximum absolute atomic E-state index is 12.3. The fourth-order valence-corrected chi connectivity index (χ4v) is 3.15. The van der Waals surface area contributed by atoms with Crippen LogP contribution in [0.5, 0.6) is 0 Å². The zero-order chi connectivity index (χ0) is 16.3. The highest BCUT2D eigenvalue weighted by molar-refractivity contribution is 5.77. The lowest BCUT2D eigenvalue weighted by molar-refractivity contribution is -0.135. The Hall–Kier alpha value is -2.14. The van der Waals surface area contributed by atoms with Crippen molar-refractivity contribution in [2.75, 3.05) is 7.05 Å². The number of rotatable bonds is 5. The van der Waals surface area contributed by atoms with Gasteiger partial charge in [0.05, 0.1) is 23.9 Å². The summed E-state index contributed by atoms with van der Waals surface area (Å²) in [5.41, 5.74) is 1.18. The number of carbonyl (C=O) groups excluding carboxylic acids is 1. The van der Waals surface area contributed by atoms with E-state index in [1.165, 1.54) is 0 Å². The smallest absolute Gasteiger partial charge is 0.225 e. The molecule has 2 aromatic rings. The molecule has 0 radical (unpaired) electrons. The van der Waals surface area contributed by atoms with Gasteiger partial charge in [-0.3, -0.25) is 4.79 Å². The Bertz CT molecular complexity index is 660. The van der Waals surface area contributed by atoms with E-state index in [1.54, 1.807) is 22.8 Å². The van der Waals surface area contributed by atoms with Gasteiger partial charge in [-0.2, -0.15) is 5.10 Å². The van der Waals surface area contributed by atoms with Gasteiger partial charge in [0.1, 0.15) is 0 Å². The Morgan fingerprint density at radius 1 is 1.30 bits per heavy atom. The summed E-state index contributed by atoms with van der Waals surface area (Å²) in [5.74, 6) is -0.0122. The van der Waals surface area contributed by atoms with Crippen molar-refractivity contribution in [3.05, 3.63) is 48.3 Å². The van der Waals surface area contributed by atoms with Crippen LogP contribution >= 0.6 is 0 Å². The lowest BCUT2D eigenvalue weighted by Crippen LogP contribution is -2.35.